The number of alkyl halides is 3. The highest BCUT2D eigenvalue weighted by Gasteiger charge is 2.58. The Labute approximate surface area is 118 Å². The summed E-state index contributed by atoms with van der Waals surface area (Å²) in [6, 6.07) is 3.18. The molecule has 2 heterocycles. The fourth-order valence-electron chi connectivity index (χ4n) is 1.41. The Morgan fingerprint density at radius 3 is 2.45 bits per heavy atom. The number of carbonyl (C=O) groups is 2. The van der Waals surface area contributed by atoms with E-state index in [0.717, 1.165) is 20.7 Å². The minimum atomic E-state index is -5.09. The number of fused-ring (bicyclic) bond motifs is 1. The van der Waals surface area contributed by atoms with Crippen molar-refractivity contribution in [1.82, 2.24) is 5.32 Å². The van der Waals surface area contributed by atoms with Crippen LogP contribution in [0.1, 0.15) is 16.6 Å². The van der Waals surface area contributed by atoms with E-state index in [9.17, 15) is 22.8 Å². The fourth-order valence-corrected chi connectivity index (χ4v) is 3.42. The van der Waals surface area contributed by atoms with E-state index in [0.29, 0.717) is 6.92 Å². The molecule has 2 N–H and O–H groups in total. The number of nitrogens with one attached hydrogen (secondary N) is 1. The third kappa shape index (κ3) is 2.38. The zero-order chi connectivity index (χ0) is 15.1. The van der Waals surface area contributed by atoms with E-state index in [-0.39, 0.29) is 4.88 Å². The standard InChI is InChI=1S/C11H8F3NO3S2/c1-10(9(17)18,11(12,13)14)15-8(16)7-4-6-5(20-7)2-3-19-6/h2-4H,1H3,(H,15,16)(H,17,18). The van der Waals surface area contributed by atoms with Crippen molar-refractivity contribution in [1.29, 1.82) is 0 Å². The van der Waals surface area contributed by atoms with Crippen LogP contribution in [-0.4, -0.2) is 28.7 Å². The third-order valence-electron chi connectivity index (χ3n) is 2.72. The van der Waals surface area contributed by atoms with Gasteiger partial charge < -0.3 is 10.4 Å². The molecule has 1 atom stereocenters. The monoisotopic (exact) mass is 323 g/mol. The lowest BCUT2D eigenvalue weighted by Gasteiger charge is -2.28. The first-order valence-corrected chi connectivity index (χ1v) is 6.94. The number of hydrogen-bond acceptors (Lipinski definition) is 4. The van der Waals surface area contributed by atoms with Gasteiger partial charge in [-0.3, -0.25) is 4.79 Å². The minimum absolute atomic E-state index is 0.0450. The summed E-state index contributed by atoms with van der Waals surface area (Å²) in [5.74, 6) is -3.21. The Morgan fingerprint density at radius 1 is 1.30 bits per heavy atom. The Hall–Kier alpha value is -1.61. The molecule has 0 spiro atoms. The van der Waals surface area contributed by atoms with Crippen LogP contribution in [0.5, 0.6) is 0 Å². The molecule has 0 saturated heterocycles. The predicted molar refractivity (Wildman–Crippen MR) is 69.3 cm³/mol. The van der Waals surface area contributed by atoms with Crippen LogP contribution in [0, 0.1) is 0 Å². The number of rotatable bonds is 3. The largest absolute Gasteiger partial charge is 0.479 e. The lowest BCUT2D eigenvalue weighted by molar-refractivity contribution is -0.203. The SMILES string of the molecule is CC(NC(=O)c1cc2sccc2s1)(C(=O)O)C(F)(F)F. The lowest BCUT2D eigenvalue weighted by atomic mass is 10.0. The highest BCUT2D eigenvalue weighted by Crippen LogP contribution is 2.33. The van der Waals surface area contributed by atoms with E-state index in [4.69, 9.17) is 5.11 Å². The smallest absolute Gasteiger partial charge is 0.422 e. The molecule has 0 aromatic carbocycles. The Bertz CT molecular complexity index is 647. The Balaban J connectivity index is 2.29. The van der Waals surface area contributed by atoms with Crippen LogP contribution in [0.2, 0.25) is 0 Å². The third-order valence-corrected chi connectivity index (χ3v) is 4.81. The number of aliphatic carboxylic acids is 1. The van der Waals surface area contributed by atoms with Gasteiger partial charge in [0.15, 0.2) is 0 Å². The van der Waals surface area contributed by atoms with E-state index in [1.54, 1.807) is 16.8 Å². The van der Waals surface area contributed by atoms with Gasteiger partial charge in [0.1, 0.15) is 0 Å². The number of thiophene rings is 2. The van der Waals surface area contributed by atoms with Crippen LogP contribution in [0.3, 0.4) is 0 Å². The quantitative estimate of drug-likeness (QED) is 0.912. The molecule has 9 heteroatoms. The molecule has 0 bridgehead atoms. The second kappa shape index (κ2) is 4.74. The molecule has 0 aliphatic carbocycles. The van der Waals surface area contributed by atoms with Gasteiger partial charge >= 0.3 is 12.1 Å². The van der Waals surface area contributed by atoms with Gasteiger partial charge in [-0.25, -0.2) is 4.79 Å². The molecule has 1 unspecified atom stereocenters. The predicted octanol–water partition coefficient (Wildman–Crippen LogP) is 3.10. The summed E-state index contributed by atoms with van der Waals surface area (Å²) in [6.07, 6.45) is -5.09. The van der Waals surface area contributed by atoms with Crippen LogP contribution in [0.4, 0.5) is 13.2 Å². The summed E-state index contributed by atoms with van der Waals surface area (Å²) in [5.41, 5.74) is -3.32. The van der Waals surface area contributed by atoms with Crippen molar-refractivity contribution in [3.63, 3.8) is 0 Å². The van der Waals surface area contributed by atoms with Crippen LogP contribution < -0.4 is 5.32 Å². The number of carboxylic acids is 1. The van der Waals surface area contributed by atoms with Gasteiger partial charge in [-0.1, -0.05) is 0 Å². The summed E-state index contributed by atoms with van der Waals surface area (Å²) in [7, 11) is 0. The topological polar surface area (TPSA) is 66.4 Å². The maximum absolute atomic E-state index is 12.8. The molecule has 0 aliphatic heterocycles. The normalized spacial score (nSPS) is 15.0. The highest BCUT2D eigenvalue weighted by atomic mass is 32.1. The minimum Gasteiger partial charge on any atom is -0.479 e. The van der Waals surface area contributed by atoms with Gasteiger partial charge in [-0.2, -0.15) is 13.2 Å². The lowest BCUT2D eigenvalue weighted by Crippen LogP contribution is -2.61. The van der Waals surface area contributed by atoms with Gasteiger partial charge in [0.25, 0.3) is 5.91 Å². The maximum atomic E-state index is 12.8. The van der Waals surface area contributed by atoms with E-state index < -0.39 is 23.6 Å². The molecule has 108 valence electrons. The van der Waals surface area contributed by atoms with E-state index in [1.807, 2.05) is 0 Å². The molecular weight excluding hydrogens is 315 g/mol. The number of carboxylic acid groups (broad SMARTS) is 1. The molecule has 2 aromatic rings. The van der Waals surface area contributed by atoms with Crippen molar-refractivity contribution in [2.75, 3.05) is 0 Å². The Kier molecular flexibility index (Phi) is 3.51. The molecule has 0 radical (unpaired) electrons. The molecule has 0 aliphatic rings. The average molecular weight is 323 g/mol. The van der Waals surface area contributed by atoms with Crippen LogP contribution in [-0.2, 0) is 4.79 Å². The number of amides is 1. The number of carbonyl (C=O) groups excluding carboxylic acids is 1. The van der Waals surface area contributed by atoms with Crippen molar-refractivity contribution in [3.8, 4) is 0 Å². The molecule has 2 rings (SSSR count). The molecule has 1 amide bonds. The zero-order valence-electron chi connectivity index (χ0n) is 9.95. The zero-order valence-corrected chi connectivity index (χ0v) is 11.6. The highest BCUT2D eigenvalue weighted by molar-refractivity contribution is 7.27. The van der Waals surface area contributed by atoms with Gasteiger partial charge in [-0.15, -0.1) is 22.7 Å². The molecule has 2 aromatic heterocycles. The van der Waals surface area contributed by atoms with Crippen molar-refractivity contribution >= 4 is 43.9 Å². The van der Waals surface area contributed by atoms with E-state index in [2.05, 4.69) is 0 Å². The first-order chi connectivity index (χ1) is 9.15. The van der Waals surface area contributed by atoms with Crippen LogP contribution in [0.25, 0.3) is 9.40 Å². The molecule has 0 fully saturated rings. The maximum Gasteiger partial charge on any atom is 0.422 e. The van der Waals surface area contributed by atoms with Crippen molar-refractivity contribution in [2.45, 2.75) is 18.6 Å². The first kappa shape index (κ1) is 14.8. The second-order valence-corrected chi connectivity index (χ2v) is 6.17. The Morgan fingerprint density at radius 2 is 1.95 bits per heavy atom. The van der Waals surface area contributed by atoms with Crippen LogP contribution in [0.15, 0.2) is 17.5 Å². The van der Waals surface area contributed by atoms with Gasteiger partial charge in [0, 0.05) is 9.40 Å². The number of halogens is 3. The molecule has 0 saturated carbocycles. The van der Waals surface area contributed by atoms with Gasteiger partial charge in [-0.05, 0) is 24.4 Å². The van der Waals surface area contributed by atoms with E-state index >= 15 is 0 Å². The summed E-state index contributed by atoms with van der Waals surface area (Å²) in [5, 5.41) is 12.1. The summed E-state index contributed by atoms with van der Waals surface area (Å²) >= 11 is 2.36. The van der Waals surface area contributed by atoms with Crippen molar-refractivity contribution in [2.24, 2.45) is 0 Å². The summed E-state index contributed by atoms with van der Waals surface area (Å²) < 4.78 is 39.9. The van der Waals surface area contributed by atoms with E-state index in [1.165, 1.54) is 17.4 Å². The fraction of sp³-hybridized carbons (Fsp3) is 0.273. The molecular formula is C11H8F3NO3S2. The van der Waals surface area contributed by atoms with Crippen molar-refractivity contribution in [3.05, 3.63) is 22.4 Å². The molecule has 20 heavy (non-hydrogen) atoms. The van der Waals surface area contributed by atoms with Crippen LogP contribution >= 0.6 is 22.7 Å². The average Bonchev–Trinajstić information content (AvgIpc) is 2.86. The molecule has 4 nitrogen and oxygen atoms in total. The van der Waals surface area contributed by atoms with Gasteiger partial charge in [0.05, 0.1) is 4.88 Å². The number of hydrogen-bond donors (Lipinski definition) is 2. The second-order valence-electron chi connectivity index (χ2n) is 4.14. The summed E-state index contributed by atoms with van der Waals surface area (Å²) in [4.78, 5) is 22.7. The van der Waals surface area contributed by atoms with Crippen molar-refractivity contribution < 1.29 is 27.9 Å². The first-order valence-electron chi connectivity index (χ1n) is 5.25. The van der Waals surface area contributed by atoms with Gasteiger partial charge in [0.2, 0.25) is 5.54 Å². The summed E-state index contributed by atoms with van der Waals surface area (Å²) in [6.45, 7) is 0.420.